The molecule has 0 radical (unpaired) electrons. The molecule has 1 amide bonds. The number of rotatable bonds is 3. The van der Waals surface area contributed by atoms with Crippen molar-refractivity contribution < 1.29 is 13.6 Å². The first kappa shape index (κ1) is 13.6. The molecule has 19 heavy (non-hydrogen) atoms. The Hall–Kier alpha value is -1.82. The molecule has 0 aliphatic heterocycles. The second-order valence-electron chi connectivity index (χ2n) is 4.20. The maximum Gasteiger partial charge on any atom is 0.272 e. The Morgan fingerprint density at radius 2 is 2.00 bits per heavy atom. The molecular formula is C13H12F2N2OS. The summed E-state index contributed by atoms with van der Waals surface area (Å²) in [6, 6.07) is 3.09. The van der Waals surface area contributed by atoms with Crippen LogP contribution in [0.2, 0.25) is 0 Å². The zero-order chi connectivity index (χ0) is 14.0. The van der Waals surface area contributed by atoms with E-state index in [0.717, 1.165) is 11.3 Å². The third kappa shape index (κ3) is 2.96. The largest absolute Gasteiger partial charge is 0.345 e. The van der Waals surface area contributed by atoms with E-state index >= 15 is 0 Å². The van der Waals surface area contributed by atoms with E-state index in [1.807, 2.05) is 0 Å². The summed E-state index contributed by atoms with van der Waals surface area (Å²) >= 11 is 1.000. The minimum Gasteiger partial charge on any atom is -0.345 e. The van der Waals surface area contributed by atoms with Gasteiger partial charge in [-0.2, -0.15) is 0 Å². The average molecular weight is 282 g/mol. The van der Waals surface area contributed by atoms with Crippen molar-refractivity contribution in [1.82, 2.24) is 9.88 Å². The van der Waals surface area contributed by atoms with Crippen molar-refractivity contribution in [2.45, 2.75) is 6.43 Å². The number of hydrogen-bond acceptors (Lipinski definition) is 3. The molecule has 0 bridgehead atoms. The summed E-state index contributed by atoms with van der Waals surface area (Å²) in [6.07, 6.45) is 0.550. The van der Waals surface area contributed by atoms with E-state index in [2.05, 4.69) is 4.98 Å². The number of thiophene rings is 1. The van der Waals surface area contributed by atoms with Crippen LogP contribution in [0.5, 0.6) is 0 Å². The van der Waals surface area contributed by atoms with Crippen LogP contribution in [0.4, 0.5) is 8.78 Å². The molecular weight excluding hydrogens is 270 g/mol. The fraction of sp³-hybridized carbons (Fsp3) is 0.231. The van der Waals surface area contributed by atoms with E-state index in [9.17, 15) is 13.6 Å². The van der Waals surface area contributed by atoms with Gasteiger partial charge in [-0.1, -0.05) is 0 Å². The Labute approximate surface area is 113 Å². The number of alkyl halides is 2. The third-order valence-electron chi connectivity index (χ3n) is 2.56. The zero-order valence-corrected chi connectivity index (χ0v) is 11.2. The Morgan fingerprint density at radius 3 is 2.58 bits per heavy atom. The first-order chi connectivity index (χ1) is 8.99. The van der Waals surface area contributed by atoms with Gasteiger partial charge in [-0.05, 0) is 23.1 Å². The Morgan fingerprint density at radius 1 is 1.26 bits per heavy atom. The molecule has 0 aliphatic carbocycles. The number of carbonyl (C=O) groups is 1. The topological polar surface area (TPSA) is 33.2 Å². The molecule has 0 fully saturated rings. The lowest BCUT2D eigenvalue weighted by Crippen LogP contribution is -2.21. The van der Waals surface area contributed by atoms with Gasteiger partial charge in [0.1, 0.15) is 0 Å². The van der Waals surface area contributed by atoms with Crippen LogP contribution in [0.1, 0.15) is 21.7 Å². The number of nitrogens with zero attached hydrogens (tertiary/aromatic N) is 2. The minimum atomic E-state index is -2.47. The minimum absolute atomic E-state index is 0.0133. The molecule has 6 heteroatoms. The highest BCUT2D eigenvalue weighted by Crippen LogP contribution is 2.31. The molecule has 0 N–H and O–H groups in total. The van der Waals surface area contributed by atoms with Gasteiger partial charge in [-0.25, -0.2) is 8.78 Å². The Balaban J connectivity index is 2.35. The molecule has 2 rings (SSSR count). The predicted molar refractivity (Wildman–Crippen MR) is 70.5 cm³/mol. The van der Waals surface area contributed by atoms with Crippen molar-refractivity contribution in [3.8, 4) is 11.1 Å². The summed E-state index contributed by atoms with van der Waals surface area (Å²) in [4.78, 5) is 17.3. The van der Waals surface area contributed by atoms with E-state index in [4.69, 9.17) is 0 Å². The smallest absolute Gasteiger partial charge is 0.272 e. The van der Waals surface area contributed by atoms with Crippen molar-refractivity contribution in [3.63, 3.8) is 0 Å². The standard InChI is InChI=1S/C13H12F2N2OS/c1-17(2)13(18)9-3-8(5-16-6-9)10-4-11(12(14)15)19-7-10/h3-7,12H,1-2H3. The molecule has 0 aromatic carbocycles. The van der Waals surface area contributed by atoms with Crippen LogP contribution in [0, 0.1) is 0 Å². The zero-order valence-electron chi connectivity index (χ0n) is 10.4. The SMILES string of the molecule is CN(C)C(=O)c1cncc(-c2csc(C(F)F)c2)c1. The lowest BCUT2D eigenvalue weighted by atomic mass is 10.1. The van der Waals surface area contributed by atoms with Crippen LogP contribution in [-0.2, 0) is 0 Å². The second-order valence-corrected chi connectivity index (χ2v) is 5.14. The number of aromatic nitrogens is 1. The molecule has 100 valence electrons. The first-order valence-electron chi connectivity index (χ1n) is 5.52. The van der Waals surface area contributed by atoms with Gasteiger partial charge in [-0.15, -0.1) is 11.3 Å². The van der Waals surface area contributed by atoms with E-state index < -0.39 is 6.43 Å². The van der Waals surface area contributed by atoms with Crippen LogP contribution in [0.25, 0.3) is 11.1 Å². The van der Waals surface area contributed by atoms with Gasteiger partial charge < -0.3 is 4.90 Å². The summed E-state index contributed by atoms with van der Waals surface area (Å²) < 4.78 is 25.1. The second kappa shape index (κ2) is 5.44. The molecule has 0 saturated carbocycles. The van der Waals surface area contributed by atoms with Crippen LogP contribution < -0.4 is 0 Å². The highest BCUT2D eigenvalue weighted by atomic mass is 32.1. The number of hydrogen-bond donors (Lipinski definition) is 0. The van der Waals surface area contributed by atoms with Gasteiger partial charge in [0.15, 0.2) is 0 Å². The summed E-state index contributed by atoms with van der Waals surface area (Å²) in [6.45, 7) is 0. The number of amides is 1. The van der Waals surface area contributed by atoms with E-state index in [0.29, 0.717) is 16.7 Å². The first-order valence-corrected chi connectivity index (χ1v) is 6.40. The molecule has 2 aromatic rings. The third-order valence-corrected chi connectivity index (χ3v) is 3.50. The predicted octanol–water partition coefficient (Wildman–Crippen LogP) is 3.45. The lowest BCUT2D eigenvalue weighted by molar-refractivity contribution is 0.0827. The summed E-state index contributed by atoms with van der Waals surface area (Å²) in [5, 5.41) is 1.64. The van der Waals surface area contributed by atoms with Crippen molar-refractivity contribution in [2.24, 2.45) is 0 Å². The molecule has 3 nitrogen and oxygen atoms in total. The molecule has 0 spiro atoms. The van der Waals surface area contributed by atoms with E-state index in [1.54, 1.807) is 31.7 Å². The highest BCUT2D eigenvalue weighted by Gasteiger charge is 2.13. The fourth-order valence-electron chi connectivity index (χ4n) is 1.59. The van der Waals surface area contributed by atoms with Crippen LogP contribution in [0.3, 0.4) is 0 Å². The normalized spacial score (nSPS) is 10.8. The average Bonchev–Trinajstić information content (AvgIpc) is 2.87. The molecule has 0 aliphatic rings. The van der Waals surface area contributed by atoms with Gasteiger partial charge in [0, 0.05) is 32.1 Å². The van der Waals surface area contributed by atoms with Crippen molar-refractivity contribution in [3.05, 3.63) is 40.3 Å². The lowest BCUT2D eigenvalue weighted by Gasteiger charge is -2.10. The Bertz CT molecular complexity index is 596. The van der Waals surface area contributed by atoms with Crippen LogP contribution >= 0.6 is 11.3 Å². The fourth-order valence-corrected chi connectivity index (χ4v) is 2.36. The maximum absolute atomic E-state index is 12.5. The number of pyridine rings is 1. The Kier molecular flexibility index (Phi) is 3.90. The number of carbonyl (C=O) groups excluding carboxylic acids is 1. The van der Waals surface area contributed by atoms with E-state index in [1.165, 1.54) is 17.2 Å². The van der Waals surface area contributed by atoms with Crippen molar-refractivity contribution in [2.75, 3.05) is 14.1 Å². The molecule has 2 aromatic heterocycles. The summed E-state index contributed by atoms with van der Waals surface area (Å²) in [7, 11) is 3.29. The van der Waals surface area contributed by atoms with Crippen molar-refractivity contribution in [1.29, 1.82) is 0 Å². The molecule has 0 unspecified atom stereocenters. The molecule has 0 saturated heterocycles. The van der Waals surface area contributed by atoms with Crippen LogP contribution in [-0.4, -0.2) is 29.9 Å². The highest BCUT2D eigenvalue weighted by molar-refractivity contribution is 7.10. The van der Waals surface area contributed by atoms with E-state index in [-0.39, 0.29) is 10.8 Å². The molecule has 2 heterocycles. The number of halogens is 2. The summed E-state index contributed by atoms with van der Waals surface area (Å²) in [5.74, 6) is -0.168. The van der Waals surface area contributed by atoms with Crippen molar-refractivity contribution >= 4 is 17.2 Å². The molecule has 0 atom stereocenters. The van der Waals surface area contributed by atoms with Gasteiger partial charge in [0.05, 0.1) is 10.4 Å². The quantitative estimate of drug-likeness (QED) is 0.864. The van der Waals surface area contributed by atoms with Gasteiger partial charge in [0.2, 0.25) is 0 Å². The van der Waals surface area contributed by atoms with Gasteiger partial charge in [0.25, 0.3) is 12.3 Å². The summed E-state index contributed by atoms with van der Waals surface area (Å²) in [5.41, 5.74) is 1.75. The monoisotopic (exact) mass is 282 g/mol. The van der Waals surface area contributed by atoms with Gasteiger partial charge in [-0.3, -0.25) is 9.78 Å². The maximum atomic E-state index is 12.5. The van der Waals surface area contributed by atoms with Gasteiger partial charge >= 0.3 is 0 Å². The van der Waals surface area contributed by atoms with Crippen LogP contribution in [0.15, 0.2) is 29.9 Å².